The molecular weight excluding hydrogens is 237 g/mol. The van der Waals surface area contributed by atoms with E-state index in [0.717, 1.165) is 0 Å². The largest absolute Gasteiger partial charge is 0.481 e. The zero-order chi connectivity index (χ0) is 13.5. The number of carboxylic acid groups (broad SMARTS) is 1. The summed E-state index contributed by atoms with van der Waals surface area (Å²) in [5, 5.41) is 11.4. The van der Waals surface area contributed by atoms with Gasteiger partial charge in [0, 0.05) is 18.9 Å². The number of carbonyl (C=O) groups is 2. The lowest BCUT2D eigenvalue weighted by molar-refractivity contribution is -0.137. The Balaban J connectivity index is 2.88. The smallest absolute Gasteiger partial charge is 0.303 e. The predicted octanol–water partition coefficient (Wildman–Crippen LogP) is 1.91. The zero-order valence-corrected chi connectivity index (χ0v) is 10.1. The highest BCUT2D eigenvalue weighted by molar-refractivity contribution is 5.78. The topological polar surface area (TPSA) is 66.4 Å². The van der Waals surface area contributed by atoms with Gasteiger partial charge in [-0.05, 0) is 18.6 Å². The SMILES string of the molecule is CCNC(=O)CC(CC(=O)O)c1ccccc1F. The number of hydrogen-bond acceptors (Lipinski definition) is 2. The Hall–Kier alpha value is -1.91. The second-order valence-corrected chi connectivity index (χ2v) is 3.97. The lowest BCUT2D eigenvalue weighted by atomic mass is 9.91. The minimum atomic E-state index is -1.05. The fourth-order valence-corrected chi connectivity index (χ4v) is 1.80. The van der Waals surface area contributed by atoms with Crippen LogP contribution < -0.4 is 5.32 Å². The number of amides is 1. The molecule has 0 radical (unpaired) electrons. The lowest BCUT2D eigenvalue weighted by Gasteiger charge is -2.15. The summed E-state index contributed by atoms with van der Waals surface area (Å²) in [5.74, 6) is -2.44. The Kier molecular flexibility index (Phi) is 5.30. The van der Waals surface area contributed by atoms with Crippen LogP contribution in [0.2, 0.25) is 0 Å². The number of aliphatic carboxylic acids is 1. The van der Waals surface area contributed by atoms with E-state index in [2.05, 4.69) is 5.32 Å². The summed E-state index contributed by atoms with van der Waals surface area (Å²) < 4.78 is 13.6. The summed E-state index contributed by atoms with van der Waals surface area (Å²) in [6.45, 7) is 2.24. The maximum Gasteiger partial charge on any atom is 0.303 e. The molecule has 0 fully saturated rings. The number of rotatable bonds is 6. The third-order valence-electron chi connectivity index (χ3n) is 2.57. The molecule has 98 valence electrons. The van der Waals surface area contributed by atoms with Gasteiger partial charge >= 0.3 is 5.97 Å². The molecule has 2 N–H and O–H groups in total. The Morgan fingerprint density at radius 1 is 1.33 bits per heavy atom. The second-order valence-electron chi connectivity index (χ2n) is 3.97. The van der Waals surface area contributed by atoms with Gasteiger partial charge in [0.2, 0.25) is 5.91 Å². The lowest BCUT2D eigenvalue weighted by Crippen LogP contribution is -2.25. The van der Waals surface area contributed by atoms with Crippen LogP contribution >= 0.6 is 0 Å². The first-order valence-corrected chi connectivity index (χ1v) is 5.77. The first kappa shape index (κ1) is 14.2. The Bertz CT molecular complexity index is 434. The summed E-state index contributed by atoms with van der Waals surface area (Å²) in [6, 6.07) is 5.94. The molecule has 0 bridgehead atoms. The van der Waals surface area contributed by atoms with Gasteiger partial charge in [-0.1, -0.05) is 18.2 Å². The highest BCUT2D eigenvalue weighted by atomic mass is 19.1. The fourth-order valence-electron chi connectivity index (χ4n) is 1.80. The highest BCUT2D eigenvalue weighted by Gasteiger charge is 2.21. The minimum Gasteiger partial charge on any atom is -0.481 e. The van der Waals surface area contributed by atoms with Gasteiger partial charge in [-0.2, -0.15) is 0 Å². The Labute approximate surface area is 105 Å². The van der Waals surface area contributed by atoms with E-state index in [1.54, 1.807) is 13.0 Å². The van der Waals surface area contributed by atoms with Crippen molar-refractivity contribution < 1.29 is 19.1 Å². The van der Waals surface area contributed by atoms with Crippen molar-refractivity contribution in [1.29, 1.82) is 0 Å². The monoisotopic (exact) mass is 253 g/mol. The highest BCUT2D eigenvalue weighted by Crippen LogP contribution is 2.25. The molecule has 0 aliphatic heterocycles. The molecular formula is C13H16FNO3. The van der Waals surface area contributed by atoms with Crippen LogP contribution in [0.25, 0.3) is 0 Å². The molecule has 0 aliphatic rings. The van der Waals surface area contributed by atoms with Crippen molar-refractivity contribution in [2.24, 2.45) is 0 Å². The molecule has 0 saturated heterocycles. The molecule has 1 aromatic rings. The number of nitrogens with one attached hydrogen (secondary N) is 1. The first-order valence-electron chi connectivity index (χ1n) is 5.77. The minimum absolute atomic E-state index is 0.0267. The number of carboxylic acids is 1. The number of halogens is 1. The van der Waals surface area contributed by atoms with Crippen LogP contribution in [0.4, 0.5) is 4.39 Å². The van der Waals surface area contributed by atoms with E-state index in [-0.39, 0.29) is 24.3 Å². The van der Waals surface area contributed by atoms with Gasteiger partial charge in [-0.25, -0.2) is 4.39 Å². The summed E-state index contributed by atoms with van der Waals surface area (Å²) in [5.41, 5.74) is 0.270. The molecule has 4 nitrogen and oxygen atoms in total. The van der Waals surface area contributed by atoms with Crippen LogP contribution in [0, 0.1) is 5.82 Å². The van der Waals surface area contributed by atoms with Crippen molar-refractivity contribution in [3.63, 3.8) is 0 Å². The van der Waals surface area contributed by atoms with E-state index >= 15 is 0 Å². The Morgan fingerprint density at radius 2 is 2.00 bits per heavy atom. The van der Waals surface area contributed by atoms with Crippen molar-refractivity contribution in [2.75, 3.05) is 6.54 Å². The maximum absolute atomic E-state index is 13.6. The molecule has 1 rings (SSSR count). The van der Waals surface area contributed by atoms with E-state index < -0.39 is 17.7 Å². The molecule has 0 saturated carbocycles. The fraction of sp³-hybridized carbons (Fsp3) is 0.385. The van der Waals surface area contributed by atoms with Crippen LogP contribution in [0.1, 0.15) is 31.2 Å². The normalized spacial score (nSPS) is 11.9. The predicted molar refractivity (Wildman–Crippen MR) is 64.7 cm³/mol. The third kappa shape index (κ3) is 4.16. The quantitative estimate of drug-likeness (QED) is 0.813. The average molecular weight is 253 g/mol. The van der Waals surface area contributed by atoms with Gasteiger partial charge in [0.15, 0.2) is 0 Å². The molecule has 1 unspecified atom stereocenters. The molecule has 0 aromatic heterocycles. The van der Waals surface area contributed by atoms with Gasteiger partial charge in [0.1, 0.15) is 5.82 Å². The van der Waals surface area contributed by atoms with E-state index in [9.17, 15) is 14.0 Å². The summed E-state index contributed by atoms with van der Waals surface area (Å²) in [6.07, 6.45) is -0.293. The molecule has 0 heterocycles. The van der Waals surface area contributed by atoms with Crippen molar-refractivity contribution in [2.45, 2.75) is 25.7 Å². The van der Waals surface area contributed by atoms with E-state index in [1.165, 1.54) is 18.2 Å². The number of hydrogen-bond donors (Lipinski definition) is 2. The van der Waals surface area contributed by atoms with Crippen LogP contribution in [0.5, 0.6) is 0 Å². The Morgan fingerprint density at radius 3 is 2.56 bits per heavy atom. The molecule has 5 heteroatoms. The van der Waals surface area contributed by atoms with E-state index in [4.69, 9.17) is 5.11 Å². The van der Waals surface area contributed by atoms with Gasteiger partial charge in [0.05, 0.1) is 6.42 Å². The van der Waals surface area contributed by atoms with Crippen molar-refractivity contribution in [3.05, 3.63) is 35.6 Å². The van der Waals surface area contributed by atoms with E-state index in [1.807, 2.05) is 0 Å². The van der Waals surface area contributed by atoms with Gasteiger partial charge in [-0.15, -0.1) is 0 Å². The molecule has 1 atom stereocenters. The molecule has 1 amide bonds. The van der Waals surface area contributed by atoms with Crippen LogP contribution in [-0.2, 0) is 9.59 Å². The summed E-state index contributed by atoms with van der Waals surface area (Å²) in [7, 11) is 0. The standard InChI is InChI=1S/C13H16FNO3/c1-2-15-12(16)7-9(8-13(17)18)10-5-3-4-6-11(10)14/h3-6,9H,2,7-8H2,1H3,(H,15,16)(H,17,18). The van der Waals surface area contributed by atoms with Crippen LogP contribution in [0.3, 0.4) is 0 Å². The molecule has 0 spiro atoms. The number of carbonyl (C=O) groups excluding carboxylic acids is 1. The van der Waals surface area contributed by atoms with Gasteiger partial charge in [0.25, 0.3) is 0 Å². The number of benzene rings is 1. The van der Waals surface area contributed by atoms with Gasteiger partial charge < -0.3 is 10.4 Å². The molecule has 1 aromatic carbocycles. The molecule has 0 aliphatic carbocycles. The van der Waals surface area contributed by atoms with E-state index in [0.29, 0.717) is 6.54 Å². The summed E-state index contributed by atoms with van der Waals surface area (Å²) in [4.78, 5) is 22.3. The molecule has 18 heavy (non-hydrogen) atoms. The van der Waals surface area contributed by atoms with Crippen molar-refractivity contribution in [1.82, 2.24) is 5.32 Å². The second kappa shape index (κ2) is 6.74. The van der Waals surface area contributed by atoms with Crippen LogP contribution in [-0.4, -0.2) is 23.5 Å². The first-order chi connectivity index (χ1) is 8.54. The maximum atomic E-state index is 13.6. The average Bonchev–Trinajstić information content (AvgIpc) is 2.28. The van der Waals surface area contributed by atoms with Gasteiger partial charge in [-0.3, -0.25) is 9.59 Å². The van der Waals surface area contributed by atoms with Crippen molar-refractivity contribution in [3.8, 4) is 0 Å². The third-order valence-corrected chi connectivity index (χ3v) is 2.57. The van der Waals surface area contributed by atoms with Crippen LogP contribution in [0.15, 0.2) is 24.3 Å². The zero-order valence-electron chi connectivity index (χ0n) is 10.1. The summed E-state index contributed by atoms with van der Waals surface area (Å²) >= 11 is 0. The van der Waals surface area contributed by atoms with Crippen molar-refractivity contribution >= 4 is 11.9 Å².